The van der Waals surface area contributed by atoms with Gasteiger partial charge < -0.3 is 0 Å². The maximum atomic E-state index is 13.2. The molecule has 23 heavy (non-hydrogen) atoms. The Balaban J connectivity index is 2.05. The average Bonchev–Trinajstić information content (AvgIpc) is 2.51. The van der Waals surface area contributed by atoms with Crippen LogP contribution in [0, 0.1) is 22.9 Å². The number of halogens is 1. The van der Waals surface area contributed by atoms with E-state index in [1.807, 2.05) is 0 Å². The molecule has 0 heterocycles. The van der Waals surface area contributed by atoms with Crippen LogP contribution in [0.25, 0.3) is 0 Å². The first-order valence-corrected chi connectivity index (χ1v) is 8.27. The van der Waals surface area contributed by atoms with Gasteiger partial charge in [0, 0.05) is 18.7 Å². The molecule has 0 fully saturated rings. The molecule has 0 saturated carbocycles. The van der Waals surface area contributed by atoms with Crippen LogP contribution in [0.3, 0.4) is 0 Å². The number of rotatable bonds is 6. The molecule has 2 aromatic rings. The first-order valence-electron chi connectivity index (χ1n) is 6.79. The van der Waals surface area contributed by atoms with Gasteiger partial charge in [0.2, 0.25) is 10.0 Å². The first kappa shape index (κ1) is 17.0. The number of benzene rings is 2. The molecule has 122 valence electrons. The van der Waals surface area contributed by atoms with Gasteiger partial charge in [-0.3, -0.25) is 10.1 Å². The van der Waals surface area contributed by atoms with Crippen molar-refractivity contribution < 1.29 is 17.7 Å². The van der Waals surface area contributed by atoms with Gasteiger partial charge in [-0.05, 0) is 36.6 Å². The van der Waals surface area contributed by atoms with Gasteiger partial charge in [-0.2, -0.15) is 0 Å². The van der Waals surface area contributed by atoms with Crippen LogP contribution in [0.5, 0.6) is 0 Å². The van der Waals surface area contributed by atoms with E-state index in [-0.39, 0.29) is 22.9 Å². The van der Waals surface area contributed by atoms with Crippen molar-refractivity contribution in [1.82, 2.24) is 4.72 Å². The van der Waals surface area contributed by atoms with Crippen LogP contribution in [0.4, 0.5) is 10.1 Å². The van der Waals surface area contributed by atoms with Gasteiger partial charge in [0.25, 0.3) is 5.69 Å². The van der Waals surface area contributed by atoms with Crippen LogP contribution in [-0.4, -0.2) is 19.9 Å². The Morgan fingerprint density at radius 3 is 2.61 bits per heavy atom. The second-order valence-corrected chi connectivity index (χ2v) is 6.75. The summed E-state index contributed by atoms with van der Waals surface area (Å²) < 4.78 is 39.8. The maximum absolute atomic E-state index is 13.2. The number of nitro benzene ring substituents is 1. The Morgan fingerprint density at radius 2 is 1.96 bits per heavy atom. The number of nitro groups is 1. The summed E-state index contributed by atoms with van der Waals surface area (Å²) in [7, 11) is -3.83. The van der Waals surface area contributed by atoms with Crippen molar-refractivity contribution in [2.75, 3.05) is 6.54 Å². The number of hydrogen-bond donors (Lipinski definition) is 1. The van der Waals surface area contributed by atoms with E-state index in [2.05, 4.69) is 4.72 Å². The highest BCUT2D eigenvalue weighted by Gasteiger charge is 2.17. The number of sulfonamides is 1. The molecule has 0 saturated heterocycles. The number of nitrogens with zero attached hydrogens (tertiary/aromatic N) is 1. The summed E-state index contributed by atoms with van der Waals surface area (Å²) in [6.07, 6.45) is 0.384. The predicted molar refractivity (Wildman–Crippen MR) is 83.1 cm³/mol. The van der Waals surface area contributed by atoms with Gasteiger partial charge in [0.15, 0.2) is 0 Å². The Kier molecular flexibility index (Phi) is 5.07. The fraction of sp³-hybridized carbons (Fsp3) is 0.200. The second kappa shape index (κ2) is 6.84. The second-order valence-electron chi connectivity index (χ2n) is 4.99. The van der Waals surface area contributed by atoms with Crippen LogP contribution < -0.4 is 4.72 Å². The summed E-state index contributed by atoms with van der Waals surface area (Å²) in [6, 6.07) is 9.40. The topological polar surface area (TPSA) is 89.3 Å². The largest absolute Gasteiger partial charge is 0.270 e. The fourth-order valence-corrected chi connectivity index (χ4v) is 3.11. The van der Waals surface area contributed by atoms with E-state index in [0.29, 0.717) is 12.0 Å². The highest BCUT2D eigenvalue weighted by molar-refractivity contribution is 7.89. The Bertz CT molecular complexity index is 837. The van der Waals surface area contributed by atoms with Gasteiger partial charge in [0.05, 0.1) is 9.82 Å². The SMILES string of the molecule is Cc1cc(CCNS(=O)(=O)c2cccc([N+](=O)[O-])c2)ccc1F. The van der Waals surface area contributed by atoms with E-state index in [1.54, 1.807) is 19.1 Å². The Hall–Kier alpha value is -2.32. The lowest BCUT2D eigenvalue weighted by atomic mass is 10.1. The van der Waals surface area contributed by atoms with Crippen LogP contribution in [0.15, 0.2) is 47.4 Å². The molecular formula is C15H15FN2O4S. The van der Waals surface area contributed by atoms with Crippen molar-refractivity contribution in [3.63, 3.8) is 0 Å². The smallest absolute Gasteiger partial charge is 0.258 e. The number of non-ortho nitro benzene ring substituents is 1. The zero-order chi connectivity index (χ0) is 17.0. The van der Waals surface area contributed by atoms with Crippen LogP contribution >= 0.6 is 0 Å². The van der Waals surface area contributed by atoms with Crippen molar-refractivity contribution >= 4 is 15.7 Å². The van der Waals surface area contributed by atoms with E-state index in [9.17, 15) is 22.9 Å². The van der Waals surface area contributed by atoms with Crippen molar-refractivity contribution in [2.24, 2.45) is 0 Å². The molecule has 1 N–H and O–H groups in total. The molecule has 0 spiro atoms. The molecule has 0 atom stereocenters. The number of hydrogen-bond acceptors (Lipinski definition) is 4. The summed E-state index contributed by atoms with van der Waals surface area (Å²) in [5.41, 5.74) is 0.997. The first-order chi connectivity index (χ1) is 10.8. The highest BCUT2D eigenvalue weighted by atomic mass is 32.2. The van der Waals surface area contributed by atoms with E-state index in [4.69, 9.17) is 0 Å². The predicted octanol–water partition coefficient (Wildman–Crippen LogP) is 2.56. The van der Waals surface area contributed by atoms with Crippen molar-refractivity contribution in [2.45, 2.75) is 18.2 Å². The van der Waals surface area contributed by atoms with Gasteiger partial charge in [-0.15, -0.1) is 0 Å². The van der Waals surface area contributed by atoms with E-state index in [0.717, 1.165) is 11.6 Å². The van der Waals surface area contributed by atoms with Crippen LogP contribution in [-0.2, 0) is 16.4 Å². The minimum atomic E-state index is -3.83. The Labute approximate surface area is 133 Å². The quantitative estimate of drug-likeness (QED) is 0.647. The standard InChI is InChI=1S/C15H15FN2O4S/c1-11-9-12(5-6-15(11)16)7-8-17-23(21,22)14-4-2-3-13(10-14)18(19)20/h2-6,9-10,17H,7-8H2,1H3. The molecule has 0 aliphatic rings. The zero-order valence-electron chi connectivity index (χ0n) is 12.3. The molecule has 2 aromatic carbocycles. The molecular weight excluding hydrogens is 323 g/mol. The normalized spacial score (nSPS) is 11.4. The molecule has 6 nitrogen and oxygen atoms in total. The highest BCUT2D eigenvalue weighted by Crippen LogP contribution is 2.17. The van der Waals surface area contributed by atoms with E-state index in [1.165, 1.54) is 24.3 Å². The lowest BCUT2D eigenvalue weighted by Crippen LogP contribution is -2.26. The Morgan fingerprint density at radius 1 is 1.22 bits per heavy atom. The lowest BCUT2D eigenvalue weighted by Gasteiger charge is -2.07. The minimum Gasteiger partial charge on any atom is -0.258 e. The van der Waals surface area contributed by atoms with Gasteiger partial charge >= 0.3 is 0 Å². The van der Waals surface area contributed by atoms with Gasteiger partial charge in [0.1, 0.15) is 5.82 Å². The van der Waals surface area contributed by atoms with Crippen LogP contribution in [0.1, 0.15) is 11.1 Å². The summed E-state index contributed by atoms with van der Waals surface area (Å²) in [5.74, 6) is -0.314. The molecule has 0 amide bonds. The molecule has 0 radical (unpaired) electrons. The van der Waals surface area contributed by atoms with Crippen molar-refractivity contribution in [3.05, 3.63) is 69.5 Å². The summed E-state index contributed by atoms with van der Waals surface area (Å²) in [4.78, 5) is 9.88. The lowest BCUT2D eigenvalue weighted by molar-refractivity contribution is -0.385. The molecule has 0 bridgehead atoms. The average molecular weight is 338 g/mol. The minimum absolute atomic E-state index is 0.107. The van der Waals surface area contributed by atoms with E-state index < -0.39 is 14.9 Å². The zero-order valence-corrected chi connectivity index (χ0v) is 13.1. The number of nitrogens with one attached hydrogen (secondary N) is 1. The third kappa shape index (κ3) is 4.33. The number of aryl methyl sites for hydroxylation is 1. The van der Waals surface area contributed by atoms with Crippen molar-refractivity contribution in [3.8, 4) is 0 Å². The van der Waals surface area contributed by atoms with Crippen molar-refractivity contribution in [1.29, 1.82) is 0 Å². The molecule has 0 aliphatic heterocycles. The third-order valence-electron chi connectivity index (χ3n) is 3.27. The van der Waals surface area contributed by atoms with E-state index >= 15 is 0 Å². The molecule has 8 heteroatoms. The summed E-state index contributed by atoms with van der Waals surface area (Å²) in [5, 5.41) is 10.7. The molecule has 2 rings (SSSR count). The molecule has 0 unspecified atom stereocenters. The summed E-state index contributed by atoms with van der Waals surface area (Å²) >= 11 is 0. The van der Waals surface area contributed by atoms with Gasteiger partial charge in [-0.1, -0.05) is 18.2 Å². The molecule has 0 aromatic heterocycles. The molecule has 0 aliphatic carbocycles. The third-order valence-corrected chi connectivity index (χ3v) is 4.73. The van der Waals surface area contributed by atoms with Gasteiger partial charge in [-0.25, -0.2) is 17.5 Å². The maximum Gasteiger partial charge on any atom is 0.270 e. The summed E-state index contributed by atoms with van der Waals surface area (Å²) in [6.45, 7) is 1.74. The monoisotopic (exact) mass is 338 g/mol. The fourth-order valence-electron chi connectivity index (χ4n) is 2.04. The van der Waals surface area contributed by atoms with Crippen LogP contribution in [0.2, 0.25) is 0 Å².